The lowest BCUT2D eigenvalue weighted by Gasteiger charge is -2.32. The molecule has 3 N–H and O–H groups in total. The lowest BCUT2D eigenvalue weighted by atomic mass is 10.1. The molecule has 0 aromatic rings. The van der Waals surface area contributed by atoms with Gasteiger partial charge in [0.2, 0.25) is 11.8 Å². The van der Waals surface area contributed by atoms with Gasteiger partial charge in [0, 0.05) is 39.8 Å². The summed E-state index contributed by atoms with van der Waals surface area (Å²) in [5.41, 5.74) is 0. The average molecular weight is 408 g/mol. The van der Waals surface area contributed by atoms with Gasteiger partial charge in [0.25, 0.3) is 0 Å². The first kappa shape index (κ1) is 24.0. The number of aliphatic imine (C=N–C) groups is 1. The second-order valence-electron chi connectivity index (χ2n) is 6.84. The second kappa shape index (κ2) is 11.7. The number of likely N-dealkylation sites (tertiary alicyclic amines) is 1. The molecule has 0 spiro atoms. The van der Waals surface area contributed by atoms with Crippen molar-refractivity contribution in [3.05, 3.63) is 0 Å². The van der Waals surface area contributed by atoms with Crippen LogP contribution in [0.25, 0.3) is 0 Å². The molecule has 1 saturated heterocycles. The standard InChI is InChI=1S/C17H31F3N6O2/c1-4-7-22-14(27)11-26-8-5-13(6-9-26)24-16(21-2)23-10-15(28)25(3)12-17(18,19)20/h13H,4-12H2,1-3H3,(H,22,27)(H2,21,23,24). The summed E-state index contributed by atoms with van der Waals surface area (Å²) in [6.07, 6.45) is -1.93. The van der Waals surface area contributed by atoms with Gasteiger partial charge in [-0.1, -0.05) is 6.92 Å². The predicted molar refractivity (Wildman–Crippen MR) is 101 cm³/mol. The Balaban J connectivity index is 2.33. The molecule has 28 heavy (non-hydrogen) atoms. The summed E-state index contributed by atoms with van der Waals surface area (Å²) in [5, 5.41) is 8.78. The van der Waals surface area contributed by atoms with E-state index in [0.29, 0.717) is 23.9 Å². The zero-order valence-corrected chi connectivity index (χ0v) is 16.7. The first-order chi connectivity index (χ1) is 13.1. The fraction of sp³-hybridized carbons (Fsp3) is 0.824. The van der Waals surface area contributed by atoms with Gasteiger partial charge in [-0.3, -0.25) is 19.5 Å². The molecule has 1 aliphatic rings. The van der Waals surface area contributed by atoms with Crippen molar-refractivity contribution in [3.8, 4) is 0 Å². The Kier molecular flexibility index (Phi) is 10.0. The molecule has 8 nitrogen and oxygen atoms in total. The van der Waals surface area contributed by atoms with Crippen LogP contribution in [-0.4, -0.2) is 93.2 Å². The number of piperidine rings is 1. The zero-order chi connectivity index (χ0) is 21.2. The molecule has 0 saturated carbocycles. The van der Waals surface area contributed by atoms with Gasteiger partial charge in [0.05, 0.1) is 13.1 Å². The Morgan fingerprint density at radius 1 is 1.21 bits per heavy atom. The topological polar surface area (TPSA) is 89.1 Å². The van der Waals surface area contributed by atoms with E-state index in [9.17, 15) is 22.8 Å². The van der Waals surface area contributed by atoms with Crippen molar-refractivity contribution >= 4 is 17.8 Å². The minimum Gasteiger partial charge on any atom is -0.355 e. The van der Waals surface area contributed by atoms with E-state index in [-0.39, 0.29) is 18.5 Å². The summed E-state index contributed by atoms with van der Waals surface area (Å²) >= 11 is 0. The number of guanidine groups is 1. The molecular weight excluding hydrogens is 377 g/mol. The number of halogens is 3. The van der Waals surface area contributed by atoms with Crippen LogP contribution in [0.3, 0.4) is 0 Å². The average Bonchev–Trinajstić information content (AvgIpc) is 2.63. The van der Waals surface area contributed by atoms with Gasteiger partial charge >= 0.3 is 6.18 Å². The first-order valence-corrected chi connectivity index (χ1v) is 9.41. The highest BCUT2D eigenvalue weighted by atomic mass is 19.4. The molecule has 0 atom stereocenters. The largest absolute Gasteiger partial charge is 0.406 e. The van der Waals surface area contributed by atoms with Gasteiger partial charge in [0.15, 0.2) is 5.96 Å². The Hall–Kier alpha value is -2.04. The van der Waals surface area contributed by atoms with Gasteiger partial charge in [-0.15, -0.1) is 0 Å². The van der Waals surface area contributed by atoms with E-state index in [1.54, 1.807) is 0 Å². The zero-order valence-electron chi connectivity index (χ0n) is 16.7. The predicted octanol–water partition coefficient (Wildman–Crippen LogP) is 0.163. The van der Waals surface area contributed by atoms with Crippen LogP contribution in [0, 0.1) is 0 Å². The van der Waals surface area contributed by atoms with E-state index < -0.39 is 18.6 Å². The van der Waals surface area contributed by atoms with Crippen LogP contribution in [0.15, 0.2) is 4.99 Å². The summed E-state index contributed by atoms with van der Waals surface area (Å²) in [5.74, 6) is -0.284. The molecule has 162 valence electrons. The maximum atomic E-state index is 12.3. The van der Waals surface area contributed by atoms with Crippen LogP contribution in [0.2, 0.25) is 0 Å². The van der Waals surface area contributed by atoms with E-state index in [1.807, 2.05) is 6.92 Å². The summed E-state index contributed by atoms with van der Waals surface area (Å²) in [6, 6.07) is 0.115. The van der Waals surface area contributed by atoms with Crippen molar-refractivity contribution in [3.63, 3.8) is 0 Å². The summed E-state index contributed by atoms with van der Waals surface area (Å²) in [4.78, 5) is 30.3. The minimum atomic E-state index is -4.42. The van der Waals surface area contributed by atoms with Gasteiger partial charge < -0.3 is 20.9 Å². The molecule has 0 aromatic carbocycles. The van der Waals surface area contributed by atoms with Crippen LogP contribution in [0.5, 0.6) is 0 Å². The highest BCUT2D eigenvalue weighted by molar-refractivity contribution is 5.86. The minimum absolute atomic E-state index is 0.0206. The van der Waals surface area contributed by atoms with E-state index >= 15 is 0 Å². The molecule has 2 amide bonds. The van der Waals surface area contributed by atoms with E-state index in [4.69, 9.17) is 0 Å². The van der Waals surface area contributed by atoms with Crippen LogP contribution in [-0.2, 0) is 9.59 Å². The molecule has 1 rings (SSSR count). The number of rotatable bonds is 8. The number of hydrogen-bond donors (Lipinski definition) is 3. The summed E-state index contributed by atoms with van der Waals surface area (Å²) in [7, 11) is 2.65. The van der Waals surface area contributed by atoms with Crippen molar-refractivity contribution in [2.45, 2.75) is 38.4 Å². The molecule has 0 unspecified atom stereocenters. The van der Waals surface area contributed by atoms with E-state index in [2.05, 4.69) is 25.8 Å². The van der Waals surface area contributed by atoms with Crippen LogP contribution in [0.1, 0.15) is 26.2 Å². The number of nitrogens with zero attached hydrogens (tertiary/aromatic N) is 3. The molecule has 0 radical (unpaired) electrons. The smallest absolute Gasteiger partial charge is 0.355 e. The normalized spacial score (nSPS) is 16.6. The molecule has 0 aromatic heterocycles. The number of alkyl halides is 3. The van der Waals surface area contributed by atoms with Gasteiger partial charge in [-0.05, 0) is 19.3 Å². The number of nitrogens with one attached hydrogen (secondary N) is 3. The van der Waals surface area contributed by atoms with E-state index in [0.717, 1.165) is 39.4 Å². The molecular formula is C17H31F3N6O2. The maximum absolute atomic E-state index is 12.3. The molecule has 1 fully saturated rings. The number of likely N-dealkylation sites (N-methyl/N-ethyl adjacent to an activating group) is 1. The van der Waals surface area contributed by atoms with Crippen LogP contribution >= 0.6 is 0 Å². The van der Waals surface area contributed by atoms with Gasteiger partial charge in [-0.2, -0.15) is 13.2 Å². The lowest BCUT2D eigenvalue weighted by Crippen LogP contribution is -2.51. The second-order valence-corrected chi connectivity index (χ2v) is 6.84. The SMILES string of the molecule is CCCNC(=O)CN1CCC(NC(=NC)NCC(=O)N(C)CC(F)(F)F)CC1. The van der Waals surface area contributed by atoms with Crippen LogP contribution in [0.4, 0.5) is 13.2 Å². The molecule has 1 aliphatic heterocycles. The Morgan fingerprint density at radius 2 is 1.86 bits per heavy atom. The molecule has 0 bridgehead atoms. The molecule has 11 heteroatoms. The fourth-order valence-electron chi connectivity index (χ4n) is 2.80. The van der Waals surface area contributed by atoms with Gasteiger partial charge in [0.1, 0.15) is 6.54 Å². The van der Waals surface area contributed by atoms with Crippen molar-refractivity contribution in [2.24, 2.45) is 4.99 Å². The fourth-order valence-corrected chi connectivity index (χ4v) is 2.80. The number of carbonyl (C=O) groups excluding carboxylic acids is 2. The van der Waals surface area contributed by atoms with Gasteiger partial charge in [-0.25, -0.2) is 0 Å². The molecule has 0 aliphatic carbocycles. The first-order valence-electron chi connectivity index (χ1n) is 9.41. The van der Waals surface area contributed by atoms with Crippen LogP contribution < -0.4 is 16.0 Å². The third kappa shape index (κ3) is 9.77. The van der Waals surface area contributed by atoms with Crippen molar-refractivity contribution in [2.75, 3.05) is 53.4 Å². The Morgan fingerprint density at radius 3 is 2.39 bits per heavy atom. The summed E-state index contributed by atoms with van der Waals surface area (Å²) in [6.45, 7) is 2.99. The number of carbonyl (C=O) groups is 2. The summed E-state index contributed by atoms with van der Waals surface area (Å²) < 4.78 is 37.0. The Labute approximate surface area is 163 Å². The number of amides is 2. The van der Waals surface area contributed by atoms with E-state index in [1.165, 1.54) is 7.05 Å². The molecule has 1 heterocycles. The third-order valence-electron chi connectivity index (χ3n) is 4.34. The quantitative estimate of drug-likeness (QED) is 0.393. The third-order valence-corrected chi connectivity index (χ3v) is 4.34. The lowest BCUT2D eigenvalue weighted by molar-refractivity contribution is -0.157. The number of hydrogen-bond acceptors (Lipinski definition) is 4. The highest BCUT2D eigenvalue weighted by Gasteiger charge is 2.31. The van der Waals surface area contributed by atoms with Crippen molar-refractivity contribution in [1.82, 2.24) is 25.8 Å². The maximum Gasteiger partial charge on any atom is 0.406 e. The van der Waals surface area contributed by atoms with Crippen molar-refractivity contribution in [1.29, 1.82) is 0 Å². The highest BCUT2D eigenvalue weighted by Crippen LogP contribution is 2.15. The van der Waals surface area contributed by atoms with Crippen molar-refractivity contribution < 1.29 is 22.8 Å². The monoisotopic (exact) mass is 408 g/mol. The Bertz CT molecular complexity index is 533.